The van der Waals surface area contributed by atoms with E-state index in [1.807, 2.05) is 49.1 Å². The minimum Gasteiger partial charge on any atom is -0.489 e. The lowest BCUT2D eigenvalue weighted by molar-refractivity contribution is -0.140. The first-order chi connectivity index (χ1) is 30.7. The highest BCUT2D eigenvalue weighted by Gasteiger charge is 2.46. The van der Waals surface area contributed by atoms with Crippen LogP contribution >= 0.6 is 15.9 Å². The number of anilines is 3. The molecule has 0 spiro atoms. The highest BCUT2D eigenvalue weighted by atomic mass is 79.9. The van der Waals surface area contributed by atoms with Gasteiger partial charge in [0.15, 0.2) is 5.82 Å². The number of ether oxygens (including phenoxy) is 2. The minimum atomic E-state index is -0.493. The molecule has 3 aliphatic rings. The fourth-order valence-electron chi connectivity index (χ4n) is 9.32. The first kappa shape index (κ1) is 46.6. The van der Waals surface area contributed by atoms with Crippen molar-refractivity contribution < 1.29 is 28.7 Å². The number of halogens is 1. The van der Waals surface area contributed by atoms with Gasteiger partial charge in [0.1, 0.15) is 24.2 Å². The van der Waals surface area contributed by atoms with Crippen molar-refractivity contribution in [3.05, 3.63) is 105 Å². The van der Waals surface area contributed by atoms with Gasteiger partial charge in [-0.15, -0.1) is 0 Å². The number of benzene rings is 3. The molecule has 4 amide bonds. The largest absolute Gasteiger partial charge is 0.489 e. The van der Waals surface area contributed by atoms with Gasteiger partial charge >= 0.3 is 6.03 Å². The lowest BCUT2D eigenvalue weighted by atomic mass is 9.69. The van der Waals surface area contributed by atoms with E-state index in [0.29, 0.717) is 93.0 Å². The molecule has 1 saturated heterocycles. The second kappa shape index (κ2) is 21.1. The van der Waals surface area contributed by atoms with E-state index in [4.69, 9.17) is 9.47 Å². The number of nitrogens with zero attached hydrogens (tertiary/aromatic N) is 3. The lowest BCUT2D eigenvalue weighted by Gasteiger charge is -2.46. The van der Waals surface area contributed by atoms with Gasteiger partial charge in [0, 0.05) is 59.5 Å². The van der Waals surface area contributed by atoms with Crippen LogP contribution in [0.4, 0.5) is 22.0 Å². The Hall–Kier alpha value is -5.34. The maximum atomic E-state index is 13.3. The van der Waals surface area contributed by atoms with Gasteiger partial charge in [-0.25, -0.2) is 9.78 Å². The molecule has 3 unspecified atom stereocenters. The van der Waals surface area contributed by atoms with Crippen LogP contribution in [0.25, 0.3) is 0 Å². The Kier molecular flexibility index (Phi) is 15.4. The van der Waals surface area contributed by atoms with Crippen molar-refractivity contribution in [2.24, 2.45) is 11.3 Å². The summed E-state index contributed by atoms with van der Waals surface area (Å²) >= 11 is 3.53. The molecule has 7 rings (SSSR count). The number of ketones is 1. The summed E-state index contributed by atoms with van der Waals surface area (Å²) in [4.78, 5) is 62.2. The molecule has 3 aromatic carbocycles. The maximum Gasteiger partial charge on any atom is 0.325 e. The summed E-state index contributed by atoms with van der Waals surface area (Å²) in [5, 5.41) is 12.6. The van der Waals surface area contributed by atoms with Crippen molar-refractivity contribution in [2.45, 2.75) is 110 Å². The Labute approximate surface area is 385 Å². The second-order valence-electron chi connectivity index (χ2n) is 18.4. The van der Waals surface area contributed by atoms with Gasteiger partial charge in [-0.3, -0.25) is 24.7 Å². The topological polar surface area (TPSA) is 164 Å². The monoisotopic (exact) mass is 935 g/mol. The molecule has 0 bridgehead atoms. The number of fused-ring (bicyclic) bond motifs is 3. The molecule has 4 aromatic rings. The first-order valence-electron chi connectivity index (χ1n) is 22.7. The molecule has 2 aliphatic heterocycles. The number of nitrogens with one attached hydrogen (secondary N) is 4. The highest BCUT2D eigenvalue weighted by molar-refractivity contribution is 9.10. The molecule has 3 heterocycles. The molecule has 13 nitrogen and oxygen atoms in total. The lowest BCUT2D eigenvalue weighted by Crippen LogP contribution is -2.51. The molecule has 0 radical (unpaired) electrons. The Morgan fingerprint density at radius 3 is 2.52 bits per heavy atom. The van der Waals surface area contributed by atoms with Crippen LogP contribution in [0, 0.1) is 32.1 Å². The van der Waals surface area contributed by atoms with Crippen molar-refractivity contribution in [1.82, 2.24) is 20.2 Å². The zero-order valence-corrected chi connectivity index (χ0v) is 39.3. The quantitative estimate of drug-likeness (QED) is 0.0756. The number of carbonyl (C=O) groups excluding carboxylic acids is 4. The number of aromatic nitrogens is 2. The maximum absolute atomic E-state index is 13.3. The molecular formula is C50H62BrN7O6. The zero-order valence-electron chi connectivity index (χ0n) is 37.7. The third kappa shape index (κ3) is 12.1. The number of rotatable bonds is 17. The van der Waals surface area contributed by atoms with Crippen LogP contribution in [0.2, 0.25) is 0 Å². The van der Waals surface area contributed by atoms with E-state index in [2.05, 4.69) is 86.1 Å². The minimum absolute atomic E-state index is 0.0546. The van der Waals surface area contributed by atoms with E-state index < -0.39 is 6.03 Å². The Bertz CT molecular complexity index is 2300. The summed E-state index contributed by atoms with van der Waals surface area (Å²) in [5.74, 6) is 2.00. The summed E-state index contributed by atoms with van der Waals surface area (Å²) in [6.07, 6.45) is 9.71. The van der Waals surface area contributed by atoms with Crippen LogP contribution in [-0.4, -0.2) is 83.5 Å². The molecule has 4 atom stereocenters. The van der Waals surface area contributed by atoms with Gasteiger partial charge in [-0.1, -0.05) is 72.4 Å². The zero-order chi connectivity index (χ0) is 45.4. The van der Waals surface area contributed by atoms with Crippen molar-refractivity contribution in [1.29, 1.82) is 0 Å². The standard InChI is InChI=1S/C50H62BrN7O6/c1-31-14-19-42-40(22-31)38-11-9-12-39(38)47(55-42)50(4,5)30-54-48(61)35-17-15-34(16-18-35)24-36(59)10-7-6-8-13-46(60)58-20-21-63-37(28-58)29-64-44-23-32(2)41(51)25-43(44)56-49(62)57-45-27-52-33(3)26-53-45/h14-19,22-23,25-27,37-39,47,55H,6-13,20-21,24,28-30H2,1-5H3,(H,54,61)(H2,53,56,57,62)/t37-,38?,39?,47?/m0/s1. The highest BCUT2D eigenvalue weighted by Crippen LogP contribution is 2.51. The number of Topliss-reactive ketones (excluding diaryl/α,β-unsaturated/α-hetero) is 1. The van der Waals surface area contributed by atoms with Crippen LogP contribution < -0.4 is 26.0 Å². The van der Waals surface area contributed by atoms with Gasteiger partial charge in [-0.05, 0) is 105 Å². The Balaban J connectivity index is 0.792. The number of urea groups is 1. The Morgan fingerprint density at radius 1 is 0.938 bits per heavy atom. The molecule has 4 N–H and O–H groups in total. The molecular weight excluding hydrogens is 874 g/mol. The smallest absolute Gasteiger partial charge is 0.325 e. The number of carbonyl (C=O) groups is 4. The predicted molar refractivity (Wildman–Crippen MR) is 253 cm³/mol. The van der Waals surface area contributed by atoms with Gasteiger partial charge in [0.25, 0.3) is 5.91 Å². The third-order valence-corrected chi connectivity index (χ3v) is 13.7. The van der Waals surface area contributed by atoms with E-state index in [0.717, 1.165) is 27.7 Å². The van der Waals surface area contributed by atoms with E-state index in [-0.39, 0.29) is 41.8 Å². The van der Waals surface area contributed by atoms with E-state index >= 15 is 0 Å². The molecule has 340 valence electrons. The summed E-state index contributed by atoms with van der Waals surface area (Å²) in [7, 11) is 0. The number of morpholine rings is 1. The van der Waals surface area contributed by atoms with Gasteiger partial charge < -0.3 is 30.3 Å². The number of unbranched alkanes of at least 4 members (excludes halogenated alkanes) is 2. The normalized spacial score (nSPS) is 19.2. The fraction of sp³-hybridized carbons (Fsp3) is 0.480. The molecule has 64 heavy (non-hydrogen) atoms. The number of hydrogen-bond acceptors (Lipinski definition) is 9. The van der Waals surface area contributed by atoms with Crippen LogP contribution in [0.1, 0.15) is 109 Å². The number of aryl methyl sites for hydroxylation is 3. The SMILES string of the molecule is Cc1ccc2c(c1)C1CCCC1C(C(C)(C)CNC(=O)c1ccc(CC(=O)CCCCCC(=O)N3CCO[C@H](COc4cc(C)c(Br)cc4NC(=O)Nc4cnc(C)cn4)C3)cc1)N2. The first-order valence-corrected chi connectivity index (χ1v) is 23.5. The summed E-state index contributed by atoms with van der Waals surface area (Å²) in [6, 6.07) is 17.5. The average molecular weight is 937 g/mol. The molecule has 2 fully saturated rings. The van der Waals surface area contributed by atoms with Crippen molar-refractivity contribution in [3.8, 4) is 5.75 Å². The van der Waals surface area contributed by atoms with Crippen LogP contribution in [0.5, 0.6) is 5.75 Å². The van der Waals surface area contributed by atoms with Crippen molar-refractivity contribution >= 4 is 56.8 Å². The second-order valence-corrected chi connectivity index (χ2v) is 19.3. The van der Waals surface area contributed by atoms with Crippen LogP contribution in [-0.2, 0) is 20.7 Å². The van der Waals surface area contributed by atoms with Gasteiger partial charge in [0.2, 0.25) is 5.91 Å². The molecule has 1 saturated carbocycles. The summed E-state index contributed by atoms with van der Waals surface area (Å²) in [6.45, 7) is 12.5. The number of amides is 4. The molecule has 1 aromatic heterocycles. The third-order valence-electron chi connectivity index (χ3n) is 12.9. The Morgan fingerprint density at radius 2 is 1.73 bits per heavy atom. The van der Waals surface area contributed by atoms with Crippen LogP contribution in [0.15, 0.2) is 71.5 Å². The van der Waals surface area contributed by atoms with Gasteiger partial charge in [0.05, 0.1) is 36.9 Å². The molecule has 14 heteroatoms. The van der Waals surface area contributed by atoms with Crippen molar-refractivity contribution in [2.75, 3.05) is 48.8 Å². The summed E-state index contributed by atoms with van der Waals surface area (Å²) < 4.78 is 12.9. The predicted octanol–water partition coefficient (Wildman–Crippen LogP) is 9.31. The summed E-state index contributed by atoms with van der Waals surface area (Å²) in [5.41, 5.74) is 7.43. The van der Waals surface area contributed by atoms with E-state index in [1.165, 1.54) is 42.3 Å². The van der Waals surface area contributed by atoms with Crippen molar-refractivity contribution in [3.63, 3.8) is 0 Å². The molecule has 1 aliphatic carbocycles. The van der Waals surface area contributed by atoms with Crippen LogP contribution in [0.3, 0.4) is 0 Å². The fourth-order valence-corrected chi connectivity index (χ4v) is 9.66. The van der Waals surface area contributed by atoms with Gasteiger partial charge in [-0.2, -0.15) is 0 Å². The van der Waals surface area contributed by atoms with E-state index in [9.17, 15) is 19.2 Å². The number of hydrogen-bond donors (Lipinski definition) is 4. The van der Waals surface area contributed by atoms with E-state index in [1.54, 1.807) is 12.3 Å². The average Bonchev–Trinajstić information content (AvgIpc) is 3.77.